The summed E-state index contributed by atoms with van der Waals surface area (Å²) in [6, 6.07) is 8.35. The van der Waals surface area contributed by atoms with Gasteiger partial charge < -0.3 is 15.4 Å². The fourth-order valence-electron chi connectivity index (χ4n) is 5.57. The van der Waals surface area contributed by atoms with Gasteiger partial charge in [0.15, 0.2) is 0 Å². The van der Waals surface area contributed by atoms with Gasteiger partial charge in [-0.25, -0.2) is 4.79 Å². The van der Waals surface area contributed by atoms with E-state index in [0.717, 1.165) is 44.2 Å². The van der Waals surface area contributed by atoms with Gasteiger partial charge in [-0.15, -0.1) is 0 Å². The maximum atomic E-state index is 12.9. The molecule has 0 bridgehead atoms. The average Bonchev–Trinajstić information content (AvgIpc) is 2.78. The number of carbonyl (C=O) groups excluding carboxylic acids is 2. The van der Waals surface area contributed by atoms with Crippen molar-refractivity contribution < 1.29 is 14.3 Å². The molecule has 1 aromatic carbocycles. The van der Waals surface area contributed by atoms with E-state index in [4.69, 9.17) is 10.5 Å². The van der Waals surface area contributed by atoms with E-state index in [2.05, 4.69) is 12.1 Å². The van der Waals surface area contributed by atoms with Crippen LogP contribution in [0.1, 0.15) is 96.5 Å². The van der Waals surface area contributed by atoms with Crippen molar-refractivity contribution in [1.82, 2.24) is 4.90 Å². The number of Topliss-reactive ketones (excluding diaryl/α,β-unsaturated/α-hetero) is 1. The lowest BCUT2D eigenvalue weighted by atomic mass is 9.75. The van der Waals surface area contributed by atoms with Crippen LogP contribution in [0.15, 0.2) is 24.3 Å². The first kappa shape index (κ1) is 25.6. The smallest absolute Gasteiger partial charge is 0.410 e. The number of nitrogens with zero attached hydrogens (tertiary/aromatic N) is 1. The molecule has 0 spiro atoms. The molecule has 2 fully saturated rings. The Morgan fingerprint density at radius 1 is 0.939 bits per heavy atom. The molecule has 33 heavy (non-hydrogen) atoms. The van der Waals surface area contributed by atoms with Crippen LogP contribution in [-0.4, -0.2) is 36.0 Å². The maximum Gasteiger partial charge on any atom is 0.410 e. The first-order valence-corrected chi connectivity index (χ1v) is 12.9. The zero-order valence-corrected chi connectivity index (χ0v) is 21.1. The molecule has 5 heteroatoms. The van der Waals surface area contributed by atoms with Crippen LogP contribution in [0.4, 0.5) is 10.5 Å². The molecule has 0 heterocycles. The summed E-state index contributed by atoms with van der Waals surface area (Å²) < 4.78 is 5.45. The van der Waals surface area contributed by atoms with Crippen molar-refractivity contribution in [3.8, 4) is 0 Å². The highest BCUT2D eigenvalue weighted by molar-refractivity contribution is 5.81. The predicted molar refractivity (Wildman–Crippen MR) is 134 cm³/mol. The number of carbonyl (C=O) groups is 2. The maximum absolute atomic E-state index is 12.9. The van der Waals surface area contributed by atoms with Gasteiger partial charge in [-0.3, -0.25) is 4.79 Å². The Morgan fingerprint density at radius 3 is 2.09 bits per heavy atom. The van der Waals surface area contributed by atoms with Gasteiger partial charge in [-0.05, 0) is 114 Å². The van der Waals surface area contributed by atoms with E-state index in [-0.39, 0.29) is 12.0 Å². The minimum Gasteiger partial charge on any atom is -0.444 e. The summed E-state index contributed by atoms with van der Waals surface area (Å²) in [6.07, 6.45) is 10.4. The van der Waals surface area contributed by atoms with Crippen molar-refractivity contribution >= 4 is 17.6 Å². The predicted octanol–water partition coefficient (Wildman–Crippen LogP) is 6.57. The molecule has 184 valence electrons. The van der Waals surface area contributed by atoms with Crippen LogP contribution < -0.4 is 5.73 Å². The summed E-state index contributed by atoms with van der Waals surface area (Å²) in [4.78, 5) is 26.7. The Morgan fingerprint density at radius 2 is 1.52 bits per heavy atom. The average molecular weight is 457 g/mol. The molecule has 5 nitrogen and oxygen atoms in total. The van der Waals surface area contributed by atoms with Crippen molar-refractivity contribution in [2.45, 2.75) is 96.5 Å². The van der Waals surface area contributed by atoms with Crippen LogP contribution in [0.5, 0.6) is 0 Å². The Labute approximate surface area is 200 Å². The lowest BCUT2D eigenvalue weighted by Gasteiger charge is -2.32. The van der Waals surface area contributed by atoms with E-state index < -0.39 is 5.60 Å². The summed E-state index contributed by atoms with van der Waals surface area (Å²) in [5.74, 6) is 2.49. The Hall–Kier alpha value is -2.04. The highest BCUT2D eigenvalue weighted by Crippen LogP contribution is 2.38. The molecule has 3 rings (SSSR count). The van der Waals surface area contributed by atoms with E-state index in [9.17, 15) is 9.59 Å². The van der Waals surface area contributed by atoms with E-state index in [1.165, 1.54) is 31.2 Å². The largest absolute Gasteiger partial charge is 0.444 e. The van der Waals surface area contributed by atoms with Crippen molar-refractivity contribution in [1.29, 1.82) is 0 Å². The number of benzene rings is 1. The van der Waals surface area contributed by atoms with Gasteiger partial charge >= 0.3 is 6.09 Å². The molecule has 2 N–H and O–H groups in total. The van der Waals surface area contributed by atoms with Gasteiger partial charge in [0.2, 0.25) is 0 Å². The molecule has 2 aliphatic carbocycles. The van der Waals surface area contributed by atoms with Gasteiger partial charge in [0.25, 0.3) is 0 Å². The van der Waals surface area contributed by atoms with Gasteiger partial charge in [0.1, 0.15) is 11.4 Å². The summed E-state index contributed by atoms with van der Waals surface area (Å²) in [6.45, 7) is 6.39. The molecule has 1 aromatic rings. The molecule has 2 aliphatic rings. The Kier molecular flexibility index (Phi) is 8.83. The molecule has 0 atom stereocenters. The molecule has 0 unspecified atom stereocenters. The number of ether oxygens (including phenoxy) is 1. The lowest BCUT2D eigenvalue weighted by molar-refractivity contribution is -0.124. The fourth-order valence-corrected chi connectivity index (χ4v) is 5.57. The van der Waals surface area contributed by atoms with Crippen LogP contribution >= 0.6 is 0 Å². The minimum atomic E-state index is -0.467. The summed E-state index contributed by atoms with van der Waals surface area (Å²) in [7, 11) is 1.81. The fraction of sp³-hybridized carbons (Fsp3) is 0.714. The second kappa shape index (κ2) is 11.4. The van der Waals surface area contributed by atoms with Crippen molar-refractivity contribution in [3.63, 3.8) is 0 Å². The minimum absolute atomic E-state index is 0.221. The highest BCUT2D eigenvalue weighted by Gasteiger charge is 2.29. The standard InChI is InChI=1S/C28H44N2O3/c1-28(2,3)33-27(32)30(4)19-21-7-12-24(13-8-21)26(31)18-9-20-5-10-22(11-6-20)23-14-16-25(29)17-15-23/h14-17,20-22,24H,5-13,18-19,29H2,1-4H3. The van der Waals surface area contributed by atoms with Gasteiger partial charge in [0.05, 0.1) is 0 Å². The third kappa shape index (κ3) is 8.04. The Bertz CT molecular complexity index is 767. The van der Waals surface area contributed by atoms with E-state index in [1.54, 1.807) is 4.90 Å². The van der Waals surface area contributed by atoms with Crippen LogP contribution in [0.2, 0.25) is 0 Å². The molecule has 0 saturated heterocycles. The lowest BCUT2D eigenvalue weighted by Crippen LogP contribution is -2.38. The van der Waals surface area contributed by atoms with Gasteiger partial charge in [-0.2, -0.15) is 0 Å². The van der Waals surface area contributed by atoms with Crippen molar-refractivity contribution in [2.24, 2.45) is 17.8 Å². The molecule has 2 saturated carbocycles. The number of ketones is 1. The molecular formula is C28H44N2O3. The SMILES string of the molecule is CN(CC1CCC(C(=O)CCC2CCC(c3ccc(N)cc3)CC2)CC1)C(=O)OC(C)(C)C. The summed E-state index contributed by atoms with van der Waals surface area (Å²) in [5, 5.41) is 0. The first-order chi connectivity index (χ1) is 15.6. The molecule has 0 radical (unpaired) electrons. The van der Waals surface area contributed by atoms with E-state index >= 15 is 0 Å². The quantitative estimate of drug-likeness (QED) is 0.471. The normalized spacial score (nSPS) is 25.9. The number of nitrogen functional groups attached to an aromatic ring is 1. The highest BCUT2D eigenvalue weighted by atomic mass is 16.6. The topological polar surface area (TPSA) is 72.6 Å². The third-order valence-electron chi connectivity index (χ3n) is 7.59. The monoisotopic (exact) mass is 456 g/mol. The van der Waals surface area contributed by atoms with Crippen LogP contribution in [0, 0.1) is 17.8 Å². The number of rotatable bonds is 7. The number of nitrogens with two attached hydrogens (primary N) is 1. The van der Waals surface area contributed by atoms with E-state index in [0.29, 0.717) is 30.1 Å². The van der Waals surface area contributed by atoms with Crippen molar-refractivity contribution in [3.05, 3.63) is 29.8 Å². The van der Waals surface area contributed by atoms with Gasteiger partial charge in [0, 0.05) is 31.6 Å². The second-order valence-corrected chi connectivity index (χ2v) is 11.5. The van der Waals surface area contributed by atoms with Crippen LogP contribution in [0.3, 0.4) is 0 Å². The molecular weight excluding hydrogens is 412 g/mol. The molecule has 1 amide bonds. The zero-order valence-electron chi connectivity index (χ0n) is 21.1. The van der Waals surface area contributed by atoms with Gasteiger partial charge in [-0.1, -0.05) is 12.1 Å². The van der Waals surface area contributed by atoms with E-state index in [1.807, 2.05) is 40.0 Å². The zero-order chi connectivity index (χ0) is 24.0. The van der Waals surface area contributed by atoms with Crippen molar-refractivity contribution in [2.75, 3.05) is 19.3 Å². The number of amides is 1. The number of hydrogen-bond donors (Lipinski definition) is 1. The number of anilines is 1. The number of hydrogen-bond acceptors (Lipinski definition) is 4. The van der Waals surface area contributed by atoms with Crippen LogP contribution in [-0.2, 0) is 9.53 Å². The summed E-state index contributed by atoms with van der Waals surface area (Å²) in [5.41, 5.74) is 7.59. The third-order valence-corrected chi connectivity index (χ3v) is 7.59. The summed E-state index contributed by atoms with van der Waals surface area (Å²) >= 11 is 0. The Balaban J connectivity index is 1.33. The van der Waals surface area contributed by atoms with Crippen LogP contribution in [0.25, 0.3) is 0 Å². The second-order valence-electron chi connectivity index (χ2n) is 11.5. The first-order valence-electron chi connectivity index (χ1n) is 12.9. The molecule has 0 aliphatic heterocycles. The molecule has 0 aromatic heterocycles.